The summed E-state index contributed by atoms with van der Waals surface area (Å²) in [5, 5.41) is 22.8. The first-order valence-corrected chi connectivity index (χ1v) is 8.82. The second-order valence-electron chi connectivity index (χ2n) is 5.16. The number of amides is 1. The van der Waals surface area contributed by atoms with E-state index in [-0.39, 0.29) is 22.0 Å². The van der Waals surface area contributed by atoms with Gasteiger partial charge in [-0.25, -0.2) is 0 Å². The van der Waals surface area contributed by atoms with Crippen LogP contribution in [0.5, 0.6) is 5.75 Å². The summed E-state index contributed by atoms with van der Waals surface area (Å²) >= 11 is 9.31. The summed E-state index contributed by atoms with van der Waals surface area (Å²) < 4.78 is 6.24. The Hall–Kier alpha value is -2.89. The van der Waals surface area contributed by atoms with E-state index in [9.17, 15) is 20.2 Å². The van der Waals surface area contributed by atoms with Crippen LogP contribution in [0.25, 0.3) is 6.08 Å². The van der Waals surface area contributed by atoms with Crippen molar-refractivity contribution < 1.29 is 14.5 Å². The van der Waals surface area contributed by atoms with Crippen molar-refractivity contribution >= 4 is 50.9 Å². The van der Waals surface area contributed by atoms with Crippen molar-refractivity contribution in [1.82, 2.24) is 0 Å². The number of benzene rings is 2. The summed E-state index contributed by atoms with van der Waals surface area (Å²) in [5.41, 5.74) is 0.124. The van der Waals surface area contributed by atoms with Crippen LogP contribution in [-0.4, -0.2) is 17.4 Å². The van der Waals surface area contributed by atoms with E-state index in [1.54, 1.807) is 18.2 Å². The molecule has 0 heterocycles. The molecule has 1 N–H and O–H groups in total. The van der Waals surface area contributed by atoms with Crippen molar-refractivity contribution in [2.45, 2.75) is 6.92 Å². The smallest absolute Gasteiger partial charge is 0.271 e. The third kappa shape index (κ3) is 5.29. The highest BCUT2D eigenvalue weighted by atomic mass is 79.9. The summed E-state index contributed by atoms with van der Waals surface area (Å²) in [7, 11) is 0. The van der Waals surface area contributed by atoms with Crippen molar-refractivity contribution in [3.63, 3.8) is 0 Å². The average Bonchev–Trinajstić information content (AvgIpc) is 2.63. The number of nitriles is 1. The van der Waals surface area contributed by atoms with Crippen LogP contribution in [0.2, 0.25) is 5.02 Å². The maximum Gasteiger partial charge on any atom is 0.271 e. The molecule has 0 aliphatic carbocycles. The molecule has 0 fully saturated rings. The first-order valence-electron chi connectivity index (χ1n) is 7.65. The Kier molecular flexibility index (Phi) is 6.93. The summed E-state index contributed by atoms with van der Waals surface area (Å²) in [6, 6.07) is 10.6. The lowest BCUT2D eigenvalue weighted by Gasteiger charge is -2.09. The Morgan fingerprint density at radius 3 is 2.78 bits per heavy atom. The molecule has 0 radical (unpaired) electrons. The monoisotopic (exact) mass is 449 g/mol. The van der Waals surface area contributed by atoms with Gasteiger partial charge in [-0.05, 0) is 37.3 Å². The highest BCUT2D eigenvalue weighted by Gasteiger charge is 2.16. The quantitative estimate of drug-likeness (QED) is 0.290. The Bertz CT molecular complexity index is 970. The second kappa shape index (κ2) is 9.16. The number of hydrogen-bond donors (Lipinski definition) is 1. The molecule has 0 saturated heterocycles. The molecule has 7 nitrogen and oxygen atoms in total. The average molecular weight is 451 g/mol. The Morgan fingerprint density at radius 1 is 1.41 bits per heavy atom. The molecule has 0 aromatic heterocycles. The van der Waals surface area contributed by atoms with Gasteiger partial charge in [0.05, 0.1) is 22.2 Å². The number of non-ortho nitro benzene ring substituents is 1. The molecule has 27 heavy (non-hydrogen) atoms. The van der Waals surface area contributed by atoms with Crippen molar-refractivity contribution in [2.75, 3.05) is 11.9 Å². The van der Waals surface area contributed by atoms with Crippen LogP contribution < -0.4 is 10.1 Å². The zero-order valence-corrected chi connectivity index (χ0v) is 16.4. The van der Waals surface area contributed by atoms with Crippen molar-refractivity contribution in [1.29, 1.82) is 5.26 Å². The van der Waals surface area contributed by atoms with E-state index >= 15 is 0 Å². The number of ether oxygens (including phenoxy) is 1. The van der Waals surface area contributed by atoms with E-state index in [4.69, 9.17) is 16.3 Å². The van der Waals surface area contributed by atoms with Crippen LogP contribution in [0.15, 0.2) is 46.4 Å². The molecule has 0 atom stereocenters. The molecule has 0 bridgehead atoms. The van der Waals surface area contributed by atoms with E-state index < -0.39 is 10.8 Å². The van der Waals surface area contributed by atoms with Gasteiger partial charge in [-0.1, -0.05) is 27.5 Å². The van der Waals surface area contributed by atoms with Crippen LogP contribution in [0.4, 0.5) is 11.4 Å². The number of nitrogens with one attached hydrogen (secondary N) is 1. The minimum atomic E-state index is -0.748. The summed E-state index contributed by atoms with van der Waals surface area (Å²) in [4.78, 5) is 22.7. The van der Waals surface area contributed by atoms with Gasteiger partial charge in [0.15, 0.2) is 0 Å². The number of nitro benzene ring substituents is 1. The van der Waals surface area contributed by atoms with Crippen LogP contribution in [0.3, 0.4) is 0 Å². The third-order valence-electron chi connectivity index (χ3n) is 3.35. The number of carbonyl (C=O) groups is 1. The highest BCUT2D eigenvalue weighted by molar-refractivity contribution is 9.10. The highest BCUT2D eigenvalue weighted by Crippen LogP contribution is 2.28. The number of nitrogens with zero attached hydrogens (tertiary/aromatic N) is 2. The molecular weight excluding hydrogens is 438 g/mol. The Balaban J connectivity index is 2.36. The normalized spacial score (nSPS) is 10.8. The lowest BCUT2D eigenvalue weighted by atomic mass is 10.1. The lowest BCUT2D eigenvalue weighted by molar-refractivity contribution is -0.384. The minimum absolute atomic E-state index is 0.0382. The number of carbonyl (C=O) groups excluding carboxylic acids is 1. The number of hydrogen-bond acceptors (Lipinski definition) is 5. The maximum atomic E-state index is 12.5. The zero-order chi connectivity index (χ0) is 20.0. The lowest BCUT2D eigenvalue weighted by Crippen LogP contribution is -2.14. The maximum absolute atomic E-state index is 12.5. The molecule has 0 aliphatic rings. The molecule has 138 valence electrons. The predicted octanol–water partition coefficient (Wildman–Crippen LogP) is 4.96. The van der Waals surface area contributed by atoms with Gasteiger partial charge in [0.2, 0.25) is 0 Å². The minimum Gasteiger partial charge on any atom is -0.493 e. The number of nitro groups is 1. The largest absolute Gasteiger partial charge is 0.493 e. The van der Waals surface area contributed by atoms with Gasteiger partial charge in [-0.2, -0.15) is 5.26 Å². The van der Waals surface area contributed by atoms with E-state index in [0.29, 0.717) is 17.9 Å². The fourth-order valence-corrected chi connectivity index (χ4v) is 2.68. The topological polar surface area (TPSA) is 105 Å². The molecule has 0 saturated carbocycles. The van der Waals surface area contributed by atoms with Gasteiger partial charge in [-0.3, -0.25) is 14.9 Å². The molecular formula is C18H13BrClN3O4. The molecule has 0 spiro atoms. The summed E-state index contributed by atoms with van der Waals surface area (Å²) in [6.07, 6.45) is 1.37. The zero-order valence-electron chi connectivity index (χ0n) is 14.0. The third-order valence-corrected chi connectivity index (χ3v) is 4.17. The summed E-state index contributed by atoms with van der Waals surface area (Å²) in [5.74, 6) is -0.239. The standard InChI is InChI=1S/C18H13BrClN3O4/c1-2-27-17-6-3-13(19)8-11(17)7-12(10-21)18(24)22-16-9-14(23(25)26)4-5-15(16)20/h3-9H,2H2,1H3,(H,22,24)/b12-7+. The SMILES string of the molecule is CCOc1ccc(Br)cc1/C=C(\C#N)C(=O)Nc1cc([N+](=O)[O-])ccc1Cl. The molecule has 1 amide bonds. The molecule has 0 unspecified atom stereocenters. The van der Waals surface area contributed by atoms with Crippen LogP contribution in [-0.2, 0) is 4.79 Å². The van der Waals surface area contributed by atoms with Gasteiger partial charge in [-0.15, -0.1) is 0 Å². The van der Waals surface area contributed by atoms with Crippen molar-refractivity contribution in [3.8, 4) is 11.8 Å². The van der Waals surface area contributed by atoms with Gasteiger partial charge >= 0.3 is 0 Å². The Labute approximate surface area is 168 Å². The van der Waals surface area contributed by atoms with E-state index in [1.165, 1.54) is 18.2 Å². The number of anilines is 1. The molecule has 2 aromatic carbocycles. The van der Waals surface area contributed by atoms with E-state index in [1.807, 2.05) is 13.0 Å². The predicted molar refractivity (Wildman–Crippen MR) is 106 cm³/mol. The van der Waals surface area contributed by atoms with Crippen LogP contribution >= 0.6 is 27.5 Å². The van der Waals surface area contributed by atoms with Gasteiger partial charge in [0.25, 0.3) is 11.6 Å². The molecule has 9 heteroatoms. The molecule has 2 aromatic rings. The fraction of sp³-hybridized carbons (Fsp3) is 0.111. The van der Waals surface area contributed by atoms with Crippen LogP contribution in [0, 0.1) is 21.4 Å². The summed E-state index contributed by atoms with van der Waals surface area (Å²) in [6.45, 7) is 2.23. The second-order valence-corrected chi connectivity index (χ2v) is 6.48. The fourth-order valence-electron chi connectivity index (χ4n) is 2.14. The first kappa shape index (κ1) is 20.4. The van der Waals surface area contributed by atoms with E-state index in [0.717, 1.165) is 10.5 Å². The Morgan fingerprint density at radius 2 is 2.15 bits per heavy atom. The van der Waals surface area contributed by atoms with Gasteiger partial charge < -0.3 is 10.1 Å². The number of halogens is 2. The molecule has 0 aliphatic heterocycles. The van der Waals surface area contributed by atoms with Gasteiger partial charge in [0.1, 0.15) is 17.4 Å². The van der Waals surface area contributed by atoms with Gasteiger partial charge in [0, 0.05) is 22.2 Å². The molecule has 2 rings (SSSR count). The first-order chi connectivity index (χ1) is 12.8. The van der Waals surface area contributed by atoms with Crippen molar-refractivity contribution in [3.05, 3.63) is 67.1 Å². The number of rotatable bonds is 6. The van der Waals surface area contributed by atoms with Crippen LogP contribution in [0.1, 0.15) is 12.5 Å². The van der Waals surface area contributed by atoms with E-state index in [2.05, 4.69) is 21.2 Å². The van der Waals surface area contributed by atoms with Crippen molar-refractivity contribution in [2.24, 2.45) is 0 Å².